The van der Waals surface area contributed by atoms with E-state index < -0.39 is 11.9 Å². The molecular weight excluding hydrogens is 390 g/mol. The van der Waals surface area contributed by atoms with Crippen LogP contribution in [-0.2, 0) is 9.59 Å². The normalized spacial score (nSPS) is 41.2. The lowest BCUT2D eigenvalue weighted by Crippen LogP contribution is -3.13. The van der Waals surface area contributed by atoms with E-state index in [9.17, 15) is 19.8 Å². The summed E-state index contributed by atoms with van der Waals surface area (Å²) in [7, 11) is 0. The molecule has 0 aromatic rings. The third-order valence-corrected chi connectivity index (χ3v) is 9.69. The molecule has 0 radical (unpaired) electrons. The smallest absolute Gasteiger partial charge is 0.359 e. The van der Waals surface area contributed by atoms with Crippen LogP contribution in [0.5, 0.6) is 0 Å². The zero-order valence-corrected chi connectivity index (χ0v) is 19.7. The van der Waals surface area contributed by atoms with Gasteiger partial charge in [-0.25, -0.2) is 4.79 Å². The monoisotopic (exact) mass is 430 g/mol. The summed E-state index contributed by atoms with van der Waals surface area (Å²) in [4.78, 5) is 23.6. The molecule has 3 aliphatic carbocycles. The minimum Gasteiger partial charge on any atom is -0.481 e. The zero-order valence-electron chi connectivity index (χ0n) is 19.7. The molecule has 0 aromatic carbocycles. The van der Waals surface area contributed by atoms with Crippen molar-refractivity contribution in [3.63, 3.8) is 0 Å². The summed E-state index contributed by atoms with van der Waals surface area (Å²) in [6.07, 6.45) is 13.6. The largest absolute Gasteiger partial charge is 0.481 e. The van der Waals surface area contributed by atoms with E-state index in [4.69, 9.17) is 0 Å². The predicted octanol–water partition coefficient (Wildman–Crippen LogP) is 4.06. The van der Waals surface area contributed by atoms with Crippen LogP contribution < -0.4 is 4.90 Å². The summed E-state index contributed by atoms with van der Waals surface area (Å²) in [5.74, 6) is -0.240. The van der Waals surface area contributed by atoms with Gasteiger partial charge in [0.25, 0.3) is 0 Å². The molecule has 4 unspecified atom stereocenters. The third kappa shape index (κ3) is 3.77. The second-order valence-corrected chi connectivity index (χ2v) is 11.9. The molecule has 1 aliphatic heterocycles. The maximum atomic E-state index is 11.5. The van der Waals surface area contributed by atoms with Gasteiger partial charge in [-0.2, -0.15) is 0 Å². The fraction of sp³-hybridized carbons (Fsp3) is 0.769. The van der Waals surface area contributed by atoms with Crippen LogP contribution in [0, 0.1) is 28.1 Å². The number of carbonyl (C=O) groups is 2. The van der Waals surface area contributed by atoms with Gasteiger partial charge >= 0.3 is 11.9 Å². The molecule has 31 heavy (non-hydrogen) atoms. The van der Waals surface area contributed by atoms with Crippen molar-refractivity contribution in [2.24, 2.45) is 28.1 Å². The van der Waals surface area contributed by atoms with Crippen molar-refractivity contribution in [3.05, 3.63) is 23.4 Å². The van der Waals surface area contributed by atoms with Crippen LogP contribution in [0.3, 0.4) is 0 Å². The SMILES string of the molecule is CC1(C)CCC[C@@]2(C)C1CC[C@@]1(C)C3=CC(CCC(=O)O)[NH+](CC(=O)O)C=C3CCC21. The summed E-state index contributed by atoms with van der Waals surface area (Å²) < 4.78 is 0. The van der Waals surface area contributed by atoms with Gasteiger partial charge in [0.1, 0.15) is 6.04 Å². The first-order valence-corrected chi connectivity index (χ1v) is 12.2. The molecule has 0 amide bonds. The molecule has 0 bridgehead atoms. The molecular formula is C26H40NO4+. The third-order valence-electron chi connectivity index (χ3n) is 9.69. The summed E-state index contributed by atoms with van der Waals surface area (Å²) in [5, 5.41) is 18.7. The minimum atomic E-state index is -0.832. The molecule has 4 aliphatic rings. The van der Waals surface area contributed by atoms with E-state index >= 15 is 0 Å². The molecule has 3 saturated carbocycles. The molecule has 0 aromatic heterocycles. The summed E-state index contributed by atoms with van der Waals surface area (Å²) in [6, 6.07) is -0.0742. The molecule has 5 nitrogen and oxygen atoms in total. The summed E-state index contributed by atoms with van der Waals surface area (Å²) in [5.41, 5.74) is 3.59. The standard InChI is InChI=1S/C26H39NO4/c1-24(2)11-5-12-26(4)20(24)10-13-25(3)19-14-18(7-9-22(28)29)27(16-23(30)31)15-17(19)6-8-21(25)26/h14-15,18,20-21H,5-13,16H2,1-4H3,(H,28,29)(H,30,31)/p+1/t18?,20?,21?,25-,26-/m0/s1. The fourth-order valence-corrected chi connectivity index (χ4v) is 8.41. The zero-order chi connectivity index (χ0) is 22.6. The molecule has 172 valence electrons. The van der Waals surface area contributed by atoms with E-state index in [2.05, 4.69) is 40.0 Å². The highest BCUT2D eigenvalue weighted by Gasteiger charge is 2.60. The number of aliphatic carboxylic acids is 2. The molecule has 1 heterocycles. The molecule has 3 N–H and O–H groups in total. The van der Waals surface area contributed by atoms with Crippen LogP contribution in [0.15, 0.2) is 23.4 Å². The molecule has 5 heteroatoms. The number of rotatable bonds is 5. The van der Waals surface area contributed by atoms with Gasteiger partial charge in [-0.3, -0.25) is 9.69 Å². The van der Waals surface area contributed by atoms with Crippen LogP contribution in [0.25, 0.3) is 0 Å². The van der Waals surface area contributed by atoms with Gasteiger partial charge in [-0.15, -0.1) is 0 Å². The topological polar surface area (TPSA) is 79.0 Å². The van der Waals surface area contributed by atoms with Gasteiger partial charge in [0.05, 0.1) is 12.6 Å². The van der Waals surface area contributed by atoms with Crippen molar-refractivity contribution < 1.29 is 24.7 Å². The highest BCUT2D eigenvalue weighted by atomic mass is 16.4. The first-order valence-electron chi connectivity index (χ1n) is 12.2. The lowest BCUT2D eigenvalue weighted by Gasteiger charge is -2.65. The van der Waals surface area contributed by atoms with Crippen molar-refractivity contribution in [1.29, 1.82) is 0 Å². The molecule has 0 saturated heterocycles. The predicted molar refractivity (Wildman–Crippen MR) is 120 cm³/mol. The van der Waals surface area contributed by atoms with Crippen molar-refractivity contribution in [3.8, 4) is 0 Å². The average molecular weight is 431 g/mol. The lowest BCUT2D eigenvalue weighted by atomic mass is 9.40. The van der Waals surface area contributed by atoms with Crippen molar-refractivity contribution in [2.45, 2.75) is 91.5 Å². The second-order valence-electron chi connectivity index (χ2n) is 11.9. The van der Waals surface area contributed by atoms with Crippen molar-refractivity contribution in [1.82, 2.24) is 0 Å². The van der Waals surface area contributed by atoms with Gasteiger partial charge in [-0.05, 0) is 78.3 Å². The van der Waals surface area contributed by atoms with Gasteiger partial charge in [-0.1, -0.05) is 34.1 Å². The Kier molecular flexibility index (Phi) is 5.65. The number of allylic oxidation sites excluding steroid dienone is 2. The van der Waals surface area contributed by atoms with E-state index in [0.717, 1.165) is 17.2 Å². The molecule has 4 rings (SSSR count). The summed E-state index contributed by atoms with van der Waals surface area (Å²) in [6.45, 7) is 9.96. The number of fused-ring (bicyclic) bond motifs is 5. The number of carboxylic acid groups (broad SMARTS) is 2. The van der Waals surface area contributed by atoms with Crippen LogP contribution in [0.1, 0.15) is 85.5 Å². The first kappa shape index (κ1) is 22.6. The van der Waals surface area contributed by atoms with E-state index in [1.807, 2.05) is 0 Å². The lowest BCUT2D eigenvalue weighted by molar-refractivity contribution is -0.861. The van der Waals surface area contributed by atoms with Gasteiger partial charge in [0.15, 0.2) is 6.54 Å². The minimum absolute atomic E-state index is 0.00564. The quantitative estimate of drug-likeness (QED) is 0.615. The Morgan fingerprint density at radius 3 is 2.45 bits per heavy atom. The summed E-state index contributed by atoms with van der Waals surface area (Å²) >= 11 is 0. The van der Waals surface area contributed by atoms with Crippen molar-refractivity contribution >= 4 is 11.9 Å². The van der Waals surface area contributed by atoms with Gasteiger partial charge in [0.2, 0.25) is 0 Å². The Balaban J connectivity index is 1.69. The number of hydrogen-bond acceptors (Lipinski definition) is 2. The average Bonchev–Trinajstić information content (AvgIpc) is 2.65. The Hall–Kier alpha value is -1.62. The number of quaternary nitrogens is 1. The number of hydrogen-bond donors (Lipinski definition) is 3. The van der Waals surface area contributed by atoms with Gasteiger partial charge in [0, 0.05) is 12.0 Å². The molecule has 6 atom stereocenters. The van der Waals surface area contributed by atoms with Crippen LogP contribution in [0.2, 0.25) is 0 Å². The highest BCUT2D eigenvalue weighted by Crippen LogP contribution is 2.69. The van der Waals surface area contributed by atoms with Crippen LogP contribution in [0.4, 0.5) is 0 Å². The Bertz CT molecular complexity index is 827. The number of nitrogens with one attached hydrogen (secondary N) is 1. The number of carboxylic acids is 2. The van der Waals surface area contributed by atoms with E-state index in [-0.39, 0.29) is 24.4 Å². The maximum Gasteiger partial charge on any atom is 0.359 e. The van der Waals surface area contributed by atoms with E-state index in [1.54, 1.807) is 0 Å². The molecule has 0 spiro atoms. The Morgan fingerprint density at radius 2 is 1.77 bits per heavy atom. The fourth-order valence-electron chi connectivity index (χ4n) is 8.41. The highest BCUT2D eigenvalue weighted by molar-refractivity contribution is 5.68. The van der Waals surface area contributed by atoms with Gasteiger partial charge < -0.3 is 10.2 Å². The molecule has 3 fully saturated rings. The van der Waals surface area contributed by atoms with Crippen molar-refractivity contribution in [2.75, 3.05) is 6.54 Å². The first-order chi connectivity index (χ1) is 14.5. The Labute approximate surface area is 186 Å². The maximum absolute atomic E-state index is 11.5. The second kappa shape index (κ2) is 7.75. The van der Waals surface area contributed by atoms with E-state index in [0.29, 0.717) is 23.2 Å². The van der Waals surface area contributed by atoms with Crippen LogP contribution in [-0.4, -0.2) is 34.7 Å². The van der Waals surface area contributed by atoms with Crippen LogP contribution >= 0.6 is 0 Å². The van der Waals surface area contributed by atoms with E-state index in [1.165, 1.54) is 49.7 Å². The Morgan fingerprint density at radius 1 is 1.03 bits per heavy atom.